The fourth-order valence-corrected chi connectivity index (χ4v) is 2.43. The quantitative estimate of drug-likeness (QED) is 0.408. The van der Waals surface area contributed by atoms with E-state index in [1.165, 1.54) is 38.5 Å². The van der Waals surface area contributed by atoms with Crippen LogP contribution in [-0.4, -0.2) is 11.9 Å². The van der Waals surface area contributed by atoms with Gasteiger partial charge < -0.3 is 5.32 Å². The van der Waals surface area contributed by atoms with Crippen molar-refractivity contribution in [2.75, 3.05) is 5.32 Å². The Morgan fingerprint density at radius 1 is 0.875 bits per heavy atom. The first-order valence-electron chi connectivity index (χ1n) is 8.73. The van der Waals surface area contributed by atoms with Crippen molar-refractivity contribution in [1.29, 1.82) is 0 Å². The minimum atomic E-state index is -0.485. The second-order valence-electron chi connectivity index (χ2n) is 5.86. The van der Waals surface area contributed by atoms with Crippen LogP contribution in [0.2, 0.25) is 5.02 Å². The summed E-state index contributed by atoms with van der Waals surface area (Å²) in [6.45, 7) is 2.21. The zero-order valence-electron chi connectivity index (χ0n) is 14.4. The van der Waals surface area contributed by atoms with Crippen molar-refractivity contribution < 1.29 is 9.59 Å². The molecule has 24 heavy (non-hydrogen) atoms. The standard InChI is InChI=1S/C18H28ClN3O2/c1-2-3-4-5-6-7-8-9-10-17(23)21-22-18(24)20-16-13-11-15(19)12-14-16/h11-14H,2-10H2,1H3,(H,21,23)(H2,20,22,24). The molecule has 3 N–H and O–H groups in total. The van der Waals surface area contributed by atoms with Crippen LogP contribution < -0.4 is 16.2 Å². The molecule has 3 amide bonds. The lowest BCUT2D eigenvalue weighted by Crippen LogP contribution is -2.43. The van der Waals surface area contributed by atoms with Crippen LogP contribution in [-0.2, 0) is 4.79 Å². The van der Waals surface area contributed by atoms with Gasteiger partial charge in [-0.2, -0.15) is 0 Å². The predicted molar refractivity (Wildman–Crippen MR) is 99.0 cm³/mol. The summed E-state index contributed by atoms with van der Waals surface area (Å²) >= 11 is 5.77. The van der Waals surface area contributed by atoms with Gasteiger partial charge in [-0.15, -0.1) is 0 Å². The highest BCUT2D eigenvalue weighted by molar-refractivity contribution is 6.30. The first-order chi connectivity index (χ1) is 11.6. The maximum Gasteiger partial charge on any atom is 0.337 e. The van der Waals surface area contributed by atoms with Crippen LogP contribution >= 0.6 is 11.6 Å². The highest BCUT2D eigenvalue weighted by Crippen LogP contribution is 2.13. The Labute approximate surface area is 149 Å². The molecule has 0 aromatic heterocycles. The topological polar surface area (TPSA) is 70.2 Å². The van der Waals surface area contributed by atoms with E-state index >= 15 is 0 Å². The van der Waals surface area contributed by atoms with Crippen LogP contribution in [0.4, 0.5) is 10.5 Å². The number of benzene rings is 1. The Morgan fingerprint density at radius 3 is 2.08 bits per heavy atom. The van der Waals surface area contributed by atoms with Crippen molar-refractivity contribution in [2.45, 2.75) is 64.7 Å². The molecule has 0 spiro atoms. The van der Waals surface area contributed by atoms with Gasteiger partial charge in [-0.1, -0.05) is 63.5 Å². The molecule has 1 aromatic rings. The van der Waals surface area contributed by atoms with Crippen molar-refractivity contribution in [3.05, 3.63) is 29.3 Å². The number of hydrogen-bond donors (Lipinski definition) is 3. The summed E-state index contributed by atoms with van der Waals surface area (Å²) in [7, 11) is 0. The van der Waals surface area contributed by atoms with E-state index in [1.807, 2.05) is 0 Å². The fraction of sp³-hybridized carbons (Fsp3) is 0.556. The molecule has 0 unspecified atom stereocenters. The Bertz CT molecular complexity index is 492. The molecular weight excluding hydrogens is 326 g/mol. The number of hydrogen-bond acceptors (Lipinski definition) is 2. The van der Waals surface area contributed by atoms with Gasteiger partial charge in [-0.3, -0.25) is 10.2 Å². The number of anilines is 1. The van der Waals surface area contributed by atoms with E-state index in [0.29, 0.717) is 17.1 Å². The minimum absolute atomic E-state index is 0.174. The number of urea groups is 1. The number of carbonyl (C=O) groups excluding carboxylic acids is 2. The smallest absolute Gasteiger partial charge is 0.307 e. The third-order valence-electron chi connectivity index (χ3n) is 3.67. The van der Waals surface area contributed by atoms with Gasteiger partial charge in [0.25, 0.3) is 0 Å². The Kier molecular flexibility index (Phi) is 10.7. The van der Waals surface area contributed by atoms with Gasteiger partial charge in [0.2, 0.25) is 5.91 Å². The molecule has 0 atom stereocenters. The maximum absolute atomic E-state index is 11.6. The maximum atomic E-state index is 11.6. The summed E-state index contributed by atoms with van der Waals surface area (Å²) in [6, 6.07) is 6.24. The molecule has 0 saturated carbocycles. The molecule has 0 saturated heterocycles. The Hall–Kier alpha value is -1.75. The van der Waals surface area contributed by atoms with E-state index in [4.69, 9.17) is 11.6 Å². The van der Waals surface area contributed by atoms with Gasteiger partial charge in [0.15, 0.2) is 0 Å². The average Bonchev–Trinajstić information content (AvgIpc) is 2.57. The molecule has 134 valence electrons. The van der Waals surface area contributed by atoms with Crippen LogP contribution in [0.15, 0.2) is 24.3 Å². The molecule has 1 rings (SSSR count). The molecule has 0 aliphatic heterocycles. The van der Waals surface area contributed by atoms with Crippen molar-refractivity contribution in [1.82, 2.24) is 10.9 Å². The van der Waals surface area contributed by atoms with Gasteiger partial charge >= 0.3 is 6.03 Å². The lowest BCUT2D eigenvalue weighted by Gasteiger charge is -2.09. The molecule has 0 fully saturated rings. The van der Waals surface area contributed by atoms with Crippen LogP contribution in [0, 0.1) is 0 Å². The van der Waals surface area contributed by atoms with E-state index in [0.717, 1.165) is 12.8 Å². The lowest BCUT2D eigenvalue weighted by atomic mass is 10.1. The van der Waals surface area contributed by atoms with Gasteiger partial charge in [0.1, 0.15) is 0 Å². The Morgan fingerprint density at radius 2 is 1.46 bits per heavy atom. The van der Waals surface area contributed by atoms with Crippen molar-refractivity contribution in [3.63, 3.8) is 0 Å². The average molecular weight is 354 g/mol. The van der Waals surface area contributed by atoms with Gasteiger partial charge in [-0.05, 0) is 30.7 Å². The van der Waals surface area contributed by atoms with Crippen molar-refractivity contribution >= 4 is 29.2 Å². The van der Waals surface area contributed by atoms with Crippen LogP contribution in [0.5, 0.6) is 0 Å². The van der Waals surface area contributed by atoms with Gasteiger partial charge in [-0.25, -0.2) is 10.2 Å². The molecule has 0 aliphatic carbocycles. The first kappa shape index (κ1) is 20.3. The summed E-state index contributed by atoms with van der Waals surface area (Å²) in [4.78, 5) is 23.3. The van der Waals surface area contributed by atoms with Crippen LogP contribution in [0.1, 0.15) is 64.7 Å². The monoisotopic (exact) mass is 353 g/mol. The summed E-state index contributed by atoms with van der Waals surface area (Å²) in [5.41, 5.74) is 5.35. The third kappa shape index (κ3) is 10.1. The second-order valence-corrected chi connectivity index (χ2v) is 6.30. The highest BCUT2D eigenvalue weighted by atomic mass is 35.5. The van der Waals surface area contributed by atoms with Crippen molar-refractivity contribution in [3.8, 4) is 0 Å². The first-order valence-corrected chi connectivity index (χ1v) is 9.11. The van der Waals surface area contributed by atoms with Gasteiger partial charge in [0, 0.05) is 17.1 Å². The van der Waals surface area contributed by atoms with E-state index < -0.39 is 6.03 Å². The summed E-state index contributed by atoms with van der Waals surface area (Å²) in [5, 5.41) is 3.20. The number of nitrogens with one attached hydrogen (secondary N) is 3. The van der Waals surface area contributed by atoms with Gasteiger partial charge in [0.05, 0.1) is 0 Å². The molecule has 6 heteroatoms. The van der Waals surface area contributed by atoms with Crippen LogP contribution in [0.3, 0.4) is 0 Å². The molecule has 0 aliphatic rings. The zero-order chi connectivity index (χ0) is 17.6. The minimum Gasteiger partial charge on any atom is -0.307 e. The van der Waals surface area contributed by atoms with E-state index in [9.17, 15) is 9.59 Å². The number of halogens is 1. The molecule has 1 aromatic carbocycles. The molecule has 0 heterocycles. The van der Waals surface area contributed by atoms with Crippen molar-refractivity contribution in [2.24, 2.45) is 0 Å². The zero-order valence-corrected chi connectivity index (χ0v) is 15.1. The Balaban J connectivity index is 2.02. The summed E-state index contributed by atoms with van der Waals surface area (Å²) < 4.78 is 0. The normalized spacial score (nSPS) is 10.2. The largest absolute Gasteiger partial charge is 0.337 e. The number of carbonyl (C=O) groups is 2. The summed E-state index contributed by atoms with van der Waals surface area (Å²) in [5.74, 6) is -0.174. The predicted octanol–water partition coefficient (Wildman–Crippen LogP) is 5.02. The van der Waals surface area contributed by atoms with E-state index in [2.05, 4.69) is 23.1 Å². The lowest BCUT2D eigenvalue weighted by molar-refractivity contribution is -0.121. The van der Waals surface area contributed by atoms with E-state index in [1.54, 1.807) is 24.3 Å². The molecular formula is C18H28ClN3O2. The van der Waals surface area contributed by atoms with E-state index in [-0.39, 0.29) is 5.91 Å². The number of hydrazine groups is 1. The second kappa shape index (κ2) is 12.6. The number of amides is 3. The number of rotatable bonds is 10. The number of unbranched alkanes of at least 4 members (excludes halogenated alkanes) is 7. The highest BCUT2D eigenvalue weighted by Gasteiger charge is 2.04. The fourth-order valence-electron chi connectivity index (χ4n) is 2.30. The molecule has 0 bridgehead atoms. The third-order valence-corrected chi connectivity index (χ3v) is 3.93. The molecule has 0 radical (unpaired) electrons. The molecule has 5 nitrogen and oxygen atoms in total. The summed E-state index contributed by atoms with van der Waals surface area (Å²) in [6.07, 6.45) is 9.90. The SMILES string of the molecule is CCCCCCCCCCC(=O)NNC(=O)Nc1ccc(Cl)cc1. The van der Waals surface area contributed by atoms with Crippen LogP contribution in [0.25, 0.3) is 0 Å².